The summed E-state index contributed by atoms with van der Waals surface area (Å²) in [6.45, 7) is 4.33. The number of carbonyl (C=O) groups is 1. The average Bonchev–Trinajstić information content (AvgIpc) is 3.24. The quantitative estimate of drug-likeness (QED) is 0.694. The lowest BCUT2D eigenvalue weighted by Gasteiger charge is -2.10. The molecular weight excluding hydrogens is 310 g/mol. The van der Waals surface area contributed by atoms with Gasteiger partial charge in [0.1, 0.15) is 17.1 Å². The third kappa shape index (κ3) is 3.43. The summed E-state index contributed by atoms with van der Waals surface area (Å²) in [4.78, 5) is 20.7. The standard InChI is InChI=1S/C16H17N5O3/c1-3-23-15(22)13-9-18-16(21-10-11(2)7-19-21)20-14(13)17-8-12-5-4-6-24-12/h4-7,9-10H,3,8H2,1-2H3,(H,17,18,20). The Bertz CT molecular complexity index is 826. The molecule has 8 nitrogen and oxygen atoms in total. The summed E-state index contributed by atoms with van der Waals surface area (Å²) in [6, 6.07) is 3.62. The Labute approximate surface area is 138 Å². The molecule has 0 bridgehead atoms. The molecule has 0 fully saturated rings. The van der Waals surface area contributed by atoms with E-state index in [9.17, 15) is 4.79 Å². The zero-order chi connectivity index (χ0) is 16.9. The molecule has 1 N–H and O–H groups in total. The fourth-order valence-electron chi connectivity index (χ4n) is 2.08. The Morgan fingerprint density at radius 1 is 1.42 bits per heavy atom. The summed E-state index contributed by atoms with van der Waals surface area (Å²) in [5, 5.41) is 7.26. The maximum absolute atomic E-state index is 12.1. The molecular formula is C16H17N5O3. The zero-order valence-electron chi connectivity index (χ0n) is 13.4. The zero-order valence-corrected chi connectivity index (χ0v) is 13.4. The summed E-state index contributed by atoms with van der Waals surface area (Å²) in [5.41, 5.74) is 1.24. The minimum absolute atomic E-state index is 0.260. The van der Waals surface area contributed by atoms with Gasteiger partial charge in [-0.05, 0) is 31.5 Å². The third-order valence-electron chi connectivity index (χ3n) is 3.20. The number of hydrogen-bond donors (Lipinski definition) is 1. The highest BCUT2D eigenvalue weighted by Gasteiger charge is 2.17. The van der Waals surface area contributed by atoms with E-state index in [0.717, 1.165) is 11.3 Å². The molecule has 24 heavy (non-hydrogen) atoms. The molecule has 0 aliphatic heterocycles. The smallest absolute Gasteiger partial charge is 0.343 e. The van der Waals surface area contributed by atoms with Gasteiger partial charge >= 0.3 is 5.97 Å². The van der Waals surface area contributed by atoms with E-state index in [1.807, 2.05) is 13.0 Å². The van der Waals surface area contributed by atoms with Crippen molar-refractivity contribution in [2.45, 2.75) is 20.4 Å². The van der Waals surface area contributed by atoms with Gasteiger partial charge in [0.05, 0.1) is 25.6 Å². The Kier molecular flexibility index (Phi) is 4.55. The first-order chi connectivity index (χ1) is 11.7. The van der Waals surface area contributed by atoms with E-state index < -0.39 is 5.97 Å². The number of anilines is 1. The number of carbonyl (C=O) groups excluding carboxylic acids is 1. The molecule has 0 atom stereocenters. The van der Waals surface area contributed by atoms with E-state index in [1.165, 1.54) is 6.20 Å². The number of ether oxygens (including phenoxy) is 1. The topological polar surface area (TPSA) is 95.1 Å². The fourth-order valence-corrected chi connectivity index (χ4v) is 2.08. The number of nitrogens with one attached hydrogen (secondary N) is 1. The van der Waals surface area contributed by atoms with E-state index in [2.05, 4.69) is 20.4 Å². The minimum Gasteiger partial charge on any atom is -0.467 e. The number of furan rings is 1. The van der Waals surface area contributed by atoms with Crippen LogP contribution in [-0.2, 0) is 11.3 Å². The molecule has 0 amide bonds. The van der Waals surface area contributed by atoms with Crippen LogP contribution in [0.25, 0.3) is 5.95 Å². The fraction of sp³-hybridized carbons (Fsp3) is 0.250. The molecule has 0 aromatic carbocycles. The molecule has 3 aromatic rings. The lowest BCUT2D eigenvalue weighted by atomic mass is 10.3. The molecule has 0 aliphatic rings. The van der Waals surface area contributed by atoms with E-state index in [0.29, 0.717) is 18.3 Å². The highest BCUT2D eigenvalue weighted by atomic mass is 16.5. The molecule has 0 saturated heterocycles. The van der Waals surface area contributed by atoms with Crippen molar-refractivity contribution in [2.24, 2.45) is 0 Å². The van der Waals surface area contributed by atoms with Crippen LogP contribution in [0.15, 0.2) is 41.4 Å². The van der Waals surface area contributed by atoms with Crippen molar-refractivity contribution in [2.75, 3.05) is 11.9 Å². The first-order valence-corrected chi connectivity index (χ1v) is 7.49. The van der Waals surface area contributed by atoms with Crippen LogP contribution >= 0.6 is 0 Å². The van der Waals surface area contributed by atoms with Crippen LogP contribution in [0.4, 0.5) is 5.82 Å². The van der Waals surface area contributed by atoms with Crippen molar-refractivity contribution in [3.63, 3.8) is 0 Å². The lowest BCUT2D eigenvalue weighted by Crippen LogP contribution is -2.14. The molecule has 3 aromatic heterocycles. The van der Waals surface area contributed by atoms with Crippen LogP contribution < -0.4 is 5.32 Å². The second-order valence-corrected chi connectivity index (χ2v) is 5.05. The maximum atomic E-state index is 12.1. The Morgan fingerprint density at radius 3 is 2.96 bits per heavy atom. The number of esters is 1. The van der Waals surface area contributed by atoms with Crippen LogP contribution in [0.3, 0.4) is 0 Å². The van der Waals surface area contributed by atoms with Gasteiger partial charge in [0, 0.05) is 12.4 Å². The van der Waals surface area contributed by atoms with E-state index in [4.69, 9.17) is 9.15 Å². The van der Waals surface area contributed by atoms with Crippen LogP contribution in [0, 0.1) is 6.92 Å². The van der Waals surface area contributed by atoms with Crippen molar-refractivity contribution in [3.8, 4) is 5.95 Å². The molecule has 0 saturated carbocycles. The molecule has 0 unspecified atom stereocenters. The predicted octanol–water partition coefficient (Wildman–Crippen LogP) is 2.35. The lowest BCUT2D eigenvalue weighted by molar-refractivity contribution is 0.0526. The molecule has 124 valence electrons. The number of hydrogen-bond acceptors (Lipinski definition) is 7. The van der Waals surface area contributed by atoms with Crippen molar-refractivity contribution < 1.29 is 13.9 Å². The molecule has 0 aliphatic carbocycles. The summed E-state index contributed by atoms with van der Waals surface area (Å²) in [6.07, 6.45) is 6.53. The monoisotopic (exact) mass is 327 g/mol. The van der Waals surface area contributed by atoms with Crippen LogP contribution in [0.2, 0.25) is 0 Å². The van der Waals surface area contributed by atoms with Gasteiger partial charge in [-0.25, -0.2) is 14.5 Å². The highest BCUT2D eigenvalue weighted by Crippen LogP contribution is 2.16. The van der Waals surface area contributed by atoms with Gasteiger partial charge in [-0.2, -0.15) is 10.1 Å². The van der Waals surface area contributed by atoms with Crippen molar-refractivity contribution in [3.05, 3.63) is 53.9 Å². The average molecular weight is 327 g/mol. The Morgan fingerprint density at radius 2 is 2.29 bits per heavy atom. The second kappa shape index (κ2) is 6.95. The first-order valence-electron chi connectivity index (χ1n) is 7.49. The molecule has 3 heterocycles. The van der Waals surface area contributed by atoms with Crippen molar-refractivity contribution in [1.82, 2.24) is 19.7 Å². The summed E-state index contributed by atoms with van der Waals surface area (Å²) in [5.74, 6) is 0.962. The minimum atomic E-state index is -0.484. The van der Waals surface area contributed by atoms with Crippen LogP contribution in [-0.4, -0.2) is 32.3 Å². The van der Waals surface area contributed by atoms with Crippen LogP contribution in [0.5, 0.6) is 0 Å². The van der Waals surface area contributed by atoms with Crippen LogP contribution in [0.1, 0.15) is 28.6 Å². The number of aryl methyl sites for hydroxylation is 1. The highest BCUT2D eigenvalue weighted by molar-refractivity contribution is 5.94. The maximum Gasteiger partial charge on any atom is 0.343 e. The SMILES string of the molecule is CCOC(=O)c1cnc(-n2cc(C)cn2)nc1NCc1ccco1. The normalized spacial score (nSPS) is 10.6. The van der Waals surface area contributed by atoms with Gasteiger partial charge in [0.25, 0.3) is 5.95 Å². The van der Waals surface area contributed by atoms with E-state index in [1.54, 1.807) is 36.3 Å². The molecule has 0 radical (unpaired) electrons. The largest absolute Gasteiger partial charge is 0.467 e. The van der Waals surface area contributed by atoms with E-state index >= 15 is 0 Å². The molecule has 3 rings (SSSR count). The third-order valence-corrected chi connectivity index (χ3v) is 3.20. The van der Waals surface area contributed by atoms with E-state index in [-0.39, 0.29) is 12.2 Å². The number of aromatic nitrogens is 4. The summed E-state index contributed by atoms with van der Waals surface area (Å²) >= 11 is 0. The second-order valence-electron chi connectivity index (χ2n) is 5.05. The predicted molar refractivity (Wildman–Crippen MR) is 85.9 cm³/mol. The van der Waals surface area contributed by atoms with Gasteiger partial charge in [-0.15, -0.1) is 0 Å². The number of nitrogens with zero attached hydrogens (tertiary/aromatic N) is 4. The first kappa shape index (κ1) is 15.7. The molecule has 0 spiro atoms. The Balaban J connectivity index is 1.91. The summed E-state index contributed by atoms with van der Waals surface area (Å²) < 4.78 is 11.9. The van der Waals surface area contributed by atoms with Gasteiger partial charge in [-0.3, -0.25) is 0 Å². The van der Waals surface area contributed by atoms with Gasteiger partial charge in [0.15, 0.2) is 0 Å². The Hall–Kier alpha value is -3.16. The van der Waals surface area contributed by atoms with Gasteiger partial charge < -0.3 is 14.5 Å². The molecule has 8 heteroatoms. The van der Waals surface area contributed by atoms with Crippen molar-refractivity contribution in [1.29, 1.82) is 0 Å². The summed E-state index contributed by atoms with van der Waals surface area (Å²) in [7, 11) is 0. The van der Waals surface area contributed by atoms with Crippen molar-refractivity contribution >= 4 is 11.8 Å². The van der Waals surface area contributed by atoms with Gasteiger partial charge in [0.2, 0.25) is 0 Å². The number of rotatable bonds is 6. The van der Waals surface area contributed by atoms with Gasteiger partial charge in [-0.1, -0.05) is 0 Å².